The molecule has 1 nitrogen and oxygen atoms in total. The Balaban J connectivity index is 1.92. The number of aryl methyl sites for hydroxylation is 5. The Hall–Kier alpha value is -1.86. The predicted octanol–water partition coefficient (Wildman–Crippen LogP) is 4.79. The summed E-state index contributed by atoms with van der Waals surface area (Å²) in [5, 5.41) is 8.85. The maximum atomic E-state index is 8.85. The van der Waals surface area contributed by atoms with Gasteiger partial charge < -0.3 is 5.11 Å². The minimum atomic E-state index is 0.0944. The molecular weight excluding hydrogens is 268 g/mol. The summed E-state index contributed by atoms with van der Waals surface area (Å²) in [7, 11) is 0. The van der Waals surface area contributed by atoms with Gasteiger partial charge in [0.1, 0.15) is 0 Å². The Kier molecular flexibility index (Phi) is 5.97. The molecule has 0 unspecified atom stereocenters. The standard InChI is InChI=1S/C21H26O/c1-16-9-10-19(14-17(16)2)6-4-7-20-11-12-21(8-5-13-22)18(3)15-20/h5,8-12,14-15,22H,4,6-7,13H2,1-3H3/b8-5+. The first kappa shape index (κ1) is 16.5. The van der Waals surface area contributed by atoms with E-state index in [1.165, 1.54) is 39.8 Å². The van der Waals surface area contributed by atoms with Crippen LogP contribution in [0.3, 0.4) is 0 Å². The van der Waals surface area contributed by atoms with E-state index in [0.717, 1.165) is 12.8 Å². The molecule has 2 aromatic carbocycles. The smallest absolute Gasteiger partial charge is 0.0615 e. The van der Waals surface area contributed by atoms with Crippen LogP contribution in [-0.4, -0.2) is 11.7 Å². The largest absolute Gasteiger partial charge is 0.392 e. The van der Waals surface area contributed by atoms with Crippen LogP contribution in [0.15, 0.2) is 42.5 Å². The average molecular weight is 294 g/mol. The average Bonchev–Trinajstić information content (AvgIpc) is 2.50. The molecule has 0 bridgehead atoms. The first-order valence-corrected chi connectivity index (χ1v) is 8.03. The summed E-state index contributed by atoms with van der Waals surface area (Å²) in [6.07, 6.45) is 7.17. The van der Waals surface area contributed by atoms with Crippen molar-refractivity contribution in [3.63, 3.8) is 0 Å². The second-order valence-electron chi connectivity index (χ2n) is 6.05. The van der Waals surface area contributed by atoms with Gasteiger partial charge in [-0.25, -0.2) is 0 Å². The molecule has 0 radical (unpaired) electrons. The third-order valence-electron chi connectivity index (χ3n) is 4.24. The molecule has 0 fully saturated rings. The number of aliphatic hydroxyl groups is 1. The van der Waals surface area contributed by atoms with Crippen LogP contribution in [-0.2, 0) is 12.8 Å². The number of rotatable bonds is 6. The lowest BCUT2D eigenvalue weighted by molar-refractivity contribution is 0.343. The fraction of sp³-hybridized carbons (Fsp3) is 0.333. The van der Waals surface area contributed by atoms with Gasteiger partial charge in [-0.05, 0) is 73.4 Å². The topological polar surface area (TPSA) is 20.2 Å². The summed E-state index contributed by atoms with van der Waals surface area (Å²) in [4.78, 5) is 0. The summed E-state index contributed by atoms with van der Waals surface area (Å²) in [6, 6.07) is 13.4. The second-order valence-corrected chi connectivity index (χ2v) is 6.05. The van der Waals surface area contributed by atoms with Crippen LogP contribution >= 0.6 is 0 Å². The van der Waals surface area contributed by atoms with Gasteiger partial charge in [0, 0.05) is 0 Å². The van der Waals surface area contributed by atoms with Crippen molar-refractivity contribution in [1.29, 1.82) is 0 Å². The number of benzene rings is 2. The van der Waals surface area contributed by atoms with Gasteiger partial charge in [0.05, 0.1) is 6.61 Å². The molecule has 0 aliphatic carbocycles. The van der Waals surface area contributed by atoms with E-state index in [2.05, 4.69) is 57.2 Å². The zero-order valence-corrected chi connectivity index (χ0v) is 13.9. The minimum Gasteiger partial charge on any atom is -0.392 e. The van der Waals surface area contributed by atoms with E-state index < -0.39 is 0 Å². The highest BCUT2D eigenvalue weighted by Crippen LogP contribution is 2.16. The van der Waals surface area contributed by atoms with Crippen LogP contribution in [0.25, 0.3) is 6.08 Å². The van der Waals surface area contributed by atoms with E-state index >= 15 is 0 Å². The van der Waals surface area contributed by atoms with E-state index in [0.29, 0.717) is 0 Å². The maximum absolute atomic E-state index is 8.85. The molecule has 1 heteroatoms. The second kappa shape index (κ2) is 7.95. The number of aliphatic hydroxyl groups excluding tert-OH is 1. The molecule has 2 aromatic rings. The van der Waals surface area contributed by atoms with Crippen molar-refractivity contribution in [3.8, 4) is 0 Å². The van der Waals surface area contributed by atoms with Crippen LogP contribution in [0.4, 0.5) is 0 Å². The molecule has 0 saturated heterocycles. The molecule has 0 heterocycles. The molecule has 0 saturated carbocycles. The fourth-order valence-electron chi connectivity index (χ4n) is 2.72. The van der Waals surface area contributed by atoms with Crippen molar-refractivity contribution in [3.05, 3.63) is 75.9 Å². The van der Waals surface area contributed by atoms with Crippen LogP contribution < -0.4 is 0 Å². The van der Waals surface area contributed by atoms with Crippen LogP contribution in [0, 0.1) is 20.8 Å². The summed E-state index contributed by atoms with van der Waals surface area (Å²) in [5.74, 6) is 0. The van der Waals surface area contributed by atoms with Crippen molar-refractivity contribution in [1.82, 2.24) is 0 Å². The molecule has 0 amide bonds. The van der Waals surface area contributed by atoms with Gasteiger partial charge in [-0.1, -0.05) is 48.6 Å². The highest BCUT2D eigenvalue weighted by Gasteiger charge is 2.00. The Bertz CT molecular complexity index is 653. The van der Waals surface area contributed by atoms with Gasteiger partial charge in [0.2, 0.25) is 0 Å². The van der Waals surface area contributed by atoms with Gasteiger partial charge >= 0.3 is 0 Å². The molecule has 0 aromatic heterocycles. The Morgan fingerprint density at radius 2 is 1.45 bits per heavy atom. The lowest BCUT2D eigenvalue weighted by Gasteiger charge is -2.07. The van der Waals surface area contributed by atoms with Gasteiger partial charge in [-0.3, -0.25) is 0 Å². The fourth-order valence-corrected chi connectivity index (χ4v) is 2.72. The third-order valence-corrected chi connectivity index (χ3v) is 4.24. The van der Waals surface area contributed by atoms with Gasteiger partial charge in [0.25, 0.3) is 0 Å². The third kappa shape index (κ3) is 4.57. The number of hydrogen-bond acceptors (Lipinski definition) is 1. The van der Waals surface area contributed by atoms with Crippen LogP contribution in [0.1, 0.15) is 39.8 Å². The zero-order chi connectivity index (χ0) is 15.9. The van der Waals surface area contributed by atoms with Crippen molar-refractivity contribution in [2.24, 2.45) is 0 Å². The Labute approximate surface area is 134 Å². The highest BCUT2D eigenvalue weighted by molar-refractivity contribution is 5.54. The molecule has 22 heavy (non-hydrogen) atoms. The van der Waals surface area contributed by atoms with E-state index in [-0.39, 0.29) is 6.61 Å². The normalized spacial score (nSPS) is 11.3. The van der Waals surface area contributed by atoms with Crippen LogP contribution in [0.5, 0.6) is 0 Å². The SMILES string of the molecule is Cc1ccc(CCCc2ccc(/C=C/CO)c(C)c2)cc1C. The van der Waals surface area contributed by atoms with Crippen LogP contribution in [0.2, 0.25) is 0 Å². The first-order valence-electron chi connectivity index (χ1n) is 8.03. The molecule has 1 N–H and O–H groups in total. The molecule has 0 aliphatic heterocycles. The highest BCUT2D eigenvalue weighted by atomic mass is 16.2. The molecule has 0 atom stereocenters. The predicted molar refractivity (Wildman–Crippen MR) is 95.2 cm³/mol. The van der Waals surface area contributed by atoms with E-state index in [4.69, 9.17) is 5.11 Å². The van der Waals surface area contributed by atoms with Crippen molar-refractivity contribution in [2.75, 3.05) is 6.61 Å². The summed E-state index contributed by atoms with van der Waals surface area (Å²) in [6.45, 7) is 6.57. The molecule has 0 aliphatic rings. The lowest BCUT2D eigenvalue weighted by atomic mass is 9.98. The van der Waals surface area contributed by atoms with Crippen molar-refractivity contribution >= 4 is 6.08 Å². The summed E-state index contributed by atoms with van der Waals surface area (Å²) < 4.78 is 0. The first-order chi connectivity index (χ1) is 10.6. The van der Waals surface area contributed by atoms with Gasteiger partial charge in [-0.2, -0.15) is 0 Å². The minimum absolute atomic E-state index is 0.0944. The van der Waals surface area contributed by atoms with E-state index in [1.54, 1.807) is 6.08 Å². The lowest BCUT2D eigenvalue weighted by Crippen LogP contribution is -1.93. The quantitative estimate of drug-likeness (QED) is 0.812. The molecule has 0 spiro atoms. The van der Waals surface area contributed by atoms with E-state index in [9.17, 15) is 0 Å². The Morgan fingerprint density at radius 3 is 2.05 bits per heavy atom. The van der Waals surface area contributed by atoms with Crippen molar-refractivity contribution in [2.45, 2.75) is 40.0 Å². The van der Waals surface area contributed by atoms with E-state index in [1.807, 2.05) is 6.08 Å². The van der Waals surface area contributed by atoms with Gasteiger partial charge in [-0.15, -0.1) is 0 Å². The zero-order valence-electron chi connectivity index (χ0n) is 13.9. The molecular formula is C21H26O. The molecule has 2 rings (SSSR count). The monoisotopic (exact) mass is 294 g/mol. The van der Waals surface area contributed by atoms with Gasteiger partial charge in [0.15, 0.2) is 0 Å². The maximum Gasteiger partial charge on any atom is 0.0615 e. The summed E-state index contributed by atoms with van der Waals surface area (Å²) in [5.41, 5.74) is 8.03. The number of hydrogen-bond donors (Lipinski definition) is 1. The summed E-state index contributed by atoms with van der Waals surface area (Å²) >= 11 is 0. The Morgan fingerprint density at radius 1 is 0.818 bits per heavy atom. The molecule has 116 valence electrons. The van der Waals surface area contributed by atoms with Crippen molar-refractivity contribution < 1.29 is 5.11 Å².